The van der Waals surface area contributed by atoms with E-state index in [0.717, 1.165) is 10.9 Å². The number of carbonyl (C=O) groups is 1. The van der Waals surface area contributed by atoms with Gasteiger partial charge in [0.2, 0.25) is 0 Å². The summed E-state index contributed by atoms with van der Waals surface area (Å²) in [6, 6.07) is 4.84. The van der Waals surface area contributed by atoms with Crippen LogP contribution in [0.15, 0.2) is 24.4 Å². The summed E-state index contributed by atoms with van der Waals surface area (Å²) in [4.78, 5) is 13.6. The van der Waals surface area contributed by atoms with Crippen molar-refractivity contribution in [3.8, 4) is 0 Å². The number of benzene rings is 1. The number of nitrogens with one attached hydrogen (secondary N) is 2. The van der Waals surface area contributed by atoms with E-state index in [2.05, 4.69) is 4.98 Å². The summed E-state index contributed by atoms with van der Waals surface area (Å²) in [5, 5.41) is 2.63. The van der Waals surface area contributed by atoms with Crippen LogP contribution < -0.4 is 5.32 Å². The predicted molar refractivity (Wildman–Crippen MR) is 69.1 cm³/mol. The van der Waals surface area contributed by atoms with Crippen molar-refractivity contribution >= 4 is 22.5 Å². The van der Waals surface area contributed by atoms with Crippen molar-refractivity contribution in [2.24, 2.45) is 0 Å². The Morgan fingerprint density at radius 3 is 2.42 bits per heavy atom. The van der Waals surface area contributed by atoms with Gasteiger partial charge in [-0.15, -0.1) is 0 Å². The minimum Gasteiger partial charge on any atom is -0.359 e. The standard InChI is InChI=1S/C11H9F3N2O.C2H6/c1-6-2-3-8(9-7(6)4-5-15-9)16-10(17)11(12,13)14;1-2/h2-5,15H,1H3,(H,16,17);1-2H3. The SMILES string of the molecule is CC.Cc1ccc(NC(=O)C(F)(F)F)c2[nH]ccc12. The van der Waals surface area contributed by atoms with Crippen LogP contribution in [-0.4, -0.2) is 17.1 Å². The first kappa shape index (κ1) is 15.1. The first-order valence-corrected chi connectivity index (χ1v) is 5.84. The molecule has 3 nitrogen and oxygen atoms in total. The number of alkyl halides is 3. The molecule has 2 aromatic rings. The van der Waals surface area contributed by atoms with E-state index in [1.165, 1.54) is 6.07 Å². The second kappa shape index (κ2) is 5.77. The molecule has 0 aliphatic carbocycles. The summed E-state index contributed by atoms with van der Waals surface area (Å²) in [7, 11) is 0. The number of aromatic nitrogens is 1. The van der Waals surface area contributed by atoms with Crippen molar-refractivity contribution < 1.29 is 18.0 Å². The lowest BCUT2D eigenvalue weighted by Crippen LogP contribution is -2.30. The average molecular weight is 272 g/mol. The Hall–Kier alpha value is -1.98. The second-order valence-electron chi connectivity index (χ2n) is 3.65. The highest BCUT2D eigenvalue weighted by Gasteiger charge is 2.38. The van der Waals surface area contributed by atoms with Gasteiger partial charge in [-0.1, -0.05) is 19.9 Å². The van der Waals surface area contributed by atoms with Crippen LogP contribution in [0, 0.1) is 6.92 Å². The lowest BCUT2D eigenvalue weighted by molar-refractivity contribution is -0.167. The number of anilines is 1. The number of rotatable bonds is 1. The van der Waals surface area contributed by atoms with Gasteiger partial charge >= 0.3 is 12.1 Å². The van der Waals surface area contributed by atoms with Gasteiger partial charge in [0.05, 0.1) is 11.2 Å². The molecule has 0 fully saturated rings. The number of hydrogen-bond acceptors (Lipinski definition) is 1. The van der Waals surface area contributed by atoms with E-state index in [4.69, 9.17) is 0 Å². The molecule has 0 saturated carbocycles. The van der Waals surface area contributed by atoms with Crippen molar-refractivity contribution in [3.63, 3.8) is 0 Å². The second-order valence-corrected chi connectivity index (χ2v) is 3.65. The lowest BCUT2D eigenvalue weighted by Gasteiger charge is -2.09. The van der Waals surface area contributed by atoms with Gasteiger partial charge in [0.15, 0.2) is 0 Å². The molecule has 2 N–H and O–H groups in total. The first-order valence-electron chi connectivity index (χ1n) is 5.84. The zero-order valence-corrected chi connectivity index (χ0v) is 10.9. The van der Waals surface area contributed by atoms with Crippen LogP contribution in [0.2, 0.25) is 0 Å². The molecule has 0 spiro atoms. The summed E-state index contributed by atoms with van der Waals surface area (Å²) in [5.74, 6) is -1.97. The molecule has 0 aliphatic heterocycles. The molecule has 0 saturated heterocycles. The van der Waals surface area contributed by atoms with Gasteiger partial charge in [-0.3, -0.25) is 4.79 Å². The molecule has 0 bridgehead atoms. The maximum Gasteiger partial charge on any atom is 0.471 e. The number of fused-ring (bicyclic) bond motifs is 1. The molecule has 0 aliphatic rings. The summed E-state index contributed by atoms with van der Waals surface area (Å²) in [6.45, 7) is 5.84. The van der Waals surface area contributed by atoms with Gasteiger partial charge in [0, 0.05) is 11.6 Å². The minimum absolute atomic E-state index is 0.123. The van der Waals surface area contributed by atoms with Crippen molar-refractivity contribution in [1.29, 1.82) is 0 Å². The fourth-order valence-electron chi connectivity index (χ4n) is 1.60. The van der Waals surface area contributed by atoms with Gasteiger partial charge in [-0.2, -0.15) is 13.2 Å². The van der Waals surface area contributed by atoms with Crippen LogP contribution in [0.25, 0.3) is 10.9 Å². The maximum atomic E-state index is 12.1. The van der Waals surface area contributed by atoms with E-state index in [0.29, 0.717) is 5.52 Å². The summed E-state index contributed by atoms with van der Waals surface area (Å²) in [6.07, 6.45) is -3.27. The molecule has 6 heteroatoms. The molecule has 2 rings (SSSR count). The molecule has 1 heterocycles. The van der Waals surface area contributed by atoms with E-state index in [-0.39, 0.29) is 5.69 Å². The van der Waals surface area contributed by atoms with Crippen molar-refractivity contribution in [2.75, 3.05) is 5.32 Å². The number of H-pyrrole nitrogens is 1. The van der Waals surface area contributed by atoms with E-state index in [1.807, 2.05) is 26.1 Å². The van der Waals surface area contributed by atoms with Gasteiger partial charge in [0.25, 0.3) is 0 Å². The Morgan fingerprint density at radius 2 is 1.84 bits per heavy atom. The van der Waals surface area contributed by atoms with Crippen LogP contribution in [0.1, 0.15) is 19.4 Å². The molecule has 19 heavy (non-hydrogen) atoms. The van der Waals surface area contributed by atoms with Gasteiger partial charge in [-0.05, 0) is 24.6 Å². The number of hydrogen-bond donors (Lipinski definition) is 2. The Kier molecular flexibility index (Phi) is 4.58. The fourth-order valence-corrected chi connectivity index (χ4v) is 1.60. The zero-order valence-electron chi connectivity index (χ0n) is 10.9. The Morgan fingerprint density at radius 1 is 1.21 bits per heavy atom. The van der Waals surface area contributed by atoms with Gasteiger partial charge < -0.3 is 10.3 Å². The monoisotopic (exact) mass is 272 g/mol. The number of aromatic amines is 1. The smallest absolute Gasteiger partial charge is 0.359 e. The molecule has 0 radical (unpaired) electrons. The zero-order chi connectivity index (χ0) is 14.6. The van der Waals surface area contributed by atoms with Gasteiger partial charge in [0.1, 0.15) is 0 Å². The van der Waals surface area contributed by atoms with Crippen LogP contribution >= 0.6 is 0 Å². The molecule has 104 valence electrons. The fraction of sp³-hybridized carbons (Fsp3) is 0.308. The summed E-state index contributed by atoms with van der Waals surface area (Å²) >= 11 is 0. The summed E-state index contributed by atoms with van der Waals surface area (Å²) < 4.78 is 36.4. The van der Waals surface area contributed by atoms with E-state index < -0.39 is 12.1 Å². The Labute approximate surface area is 108 Å². The Bertz CT molecular complexity index is 573. The van der Waals surface area contributed by atoms with Crippen molar-refractivity contribution in [2.45, 2.75) is 26.9 Å². The van der Waals surface area contributed by atoms with Crippen molar-refractivity contribution in [1.82, 2.24) is 4.98 Å². The number of amides is 1. The van der Waals surface area contributed by atoms with Crippen LogP contribution in [-0.2, 0) is 4.79 Å². The number of aryl methyl sites for hydroxylation is 1. The average Bonchev–Trinajstić information content (AvgIpc) is 2.84. The Balaban J connectivity index is 0.000000861. The maximum absolute atomic E-state index is 12.1. The third-order valence-electron chi connectivity index (χ3n) is 2.45. The summed E-state index contributed by atoms with van der Waals surface area (Å²) in [5.41, 5.74) is 1.53. The number of carbonyl (C=O) groups excluding carboxylic acids is 1. The predicted octanol–water partition coefficient (Wildman–Crippen LogP) is 4.00. The molecular formula is C13H15F3N2O. The molecular weight excluding hydrogens is 257 g/mol. The first-order chi connectivity index (χ1) is 8.89. The largest absolute Gasteiger partial charge is 0.471 e. The molecule has 1 aromatic heterocycles. The third kappa shape index (κ3) is 3.27. The lowest BCUT2D eigenvalue weighted by atomic mass is 10.1. The van der Waals surface area contributed by atoms with E-state index in [1.54, 1.807) is 18.3 Å². The van der Waals surface area contributed by atoms with Crippen LogP contribution in [0.5, 0.6) is 0 Å². The quantitative estimate of drug-likeness (QED) is 0.809. The molecule has 1 aromatic carbocycles. The van der Waals surface area contributed by atoms with E-state index in [9.17, 15) is 18.0 Å². The minimum atomic E-state index is -4.89. The topological polar surface area (TPSA) is 44.9 Å². The highest BCUT2D eigenvalue weighted by Crippen LogP contribution is 2.26. The highest BCUT2D eigenvalue weighted by atomic mass is 19.4. The molecule has 1 amide bonds. The van der Waals surface area contributed by atoms with Crippen LogP contribution in [0.3, 0.4) is 0 Å². The van der Waals surface area contributed by atoms with Crippen molar-refractivity contribution in [3.05, 3.63) is 30.0 Å². The molecule has 0 unspecified atom stereocenters. The van der Waals surface area contributed by atoms with E-state index >= 15 is 0 Å². The normalized spacial score (nSPS) is 10.8. The highest BCUT2D eigenvalue weighted by molar-refractivity contribution is 6.03. The number of halogens is 3. The van der Waals surface area contributed by atoms with Gasteiger partial charge in [-0.25, -0.2) is 0 Å². The molecule has 0 atom stereocenters. The third-order valence-corrected chi connectivity index (χ3v) is 2.45. The van der Waals surface area contributed by atoms with Crippen LogP contribution in [0.4, 0.5) is 18.9 Å².